The summed E-state index contributed by atoms with van der Waals surface area (Å²) in [6, 6.07) is 3.17. The van der Waals surface area contributed by atoms with Crippen LogP contribution in [0, 0.1) is 0 Å². The highest BCUT2D eigenvalue weighted by atomic mass is 35.5. The molecule has 0 bridgehead atoms. The molecule has 3 aromatic heterocycles. The summed E-state index contributed by atoms with van der Waals surface area (Å²) in [4.78, 5) is 17.7. The van der Waals surface area contributed by atoms with Crippen molar-refractivity contribution in [2.45, 2.75) is 0 Å². The summed E-state index contributed by atoms with van der Waals surface area (Å²) in [5, 5.41) is 8.33. The molecule has 0 radical (unpaired) electrons. The van der Waals surface area contributed by atoms with Crippen LogP contribution in [0.15, 0.2) is 35.5 Å². The lowest BCUT2D eigenvalue weighted by Gasteiger charge is -2.00. The molecule has 0 spiro atoms. The van der Waals surface area contributed by atoms with Crippen LogP contribution in [0.5, 0.6) is 0 Å². The van der Waals surface area contributed by atoms with Crippen LogP contribution in [-0.2, 0) is 0 Å². The highest BCUT2D eigenvalue weighted by molar-refractivity contribution is 6.29. The van der Waals surface area contributed by atoms with Crippen molar-refractivity contribution in [1.82, 2.24) is 24.6 Å². The van der Waals surface area contributed by atoms with Gasteiger partial charge in [0, 0.05) is 17.8 Å². The number of rotatable bonds is 1. The minimum atomic E-state index is -0.204. The Hall–Kier alpha value is -2.21. The minimum Gasteiger partial charge on any atom is -0.329 e. The first kappa shape index (κ1) is 9.98. The first-order valence-corrected chi connectivity index (χ1v) is 5.17. The molecule has 84 valence electrons. The maximum atomic E-state index is 11.2. The van der Waals surface area contributed by atoms with E-state index < -0.39 is 0 Å². The van der Waals surface area contributed by atoms with Crippen LogP contribution in [0.2, 0.25) is 5.15 Å². The number of fused-ring (bicyclic) bond motifs is 1. The van der Waals surface area contributed by atoms with Gasteiger partial charge in [0.2, 0.25) is 5.56 Å². The fraction of sp³-hybridized carbons (Fsp3) is 0. The van der Waals surface area contributed by atoms with Gasteiger partial charge in [0.1, 0.15) is 5.15 Å². The summed E-state index contributed by atoms with van der Waals surface area (Å²) in [6.07, 6.45) is 4.60. The lowest BCUT2D eigenvalue weighted by Crippen LogP contribution is -2.03. The quantitative estimate of drug-likeness (QED) is 0.699. The van der Waals surface area contributed by atoms with E-state index in [9.17, 15) is 4.79 Å². The van der Waals surface area contributed by atoms with Crippen molar-refractivity contribution in [3.63, 3.8) is 0 Å². The number of H-pyrrole nitrogens is 1. The topological polar surface area (TPSA) is 75.9 Å². The number of hydrogen-bond donors (Lipinski definition) is 1. The molecule has 17 heavy (non-hydrogen) atoms. The zero-order valence-corrected chi connectivity index (χ0v) is 9.22. The largest absolute Gasteiger partial charge is 0.329 e. The van der Waals surface area contributed by atoms with Crippen LogP contribution in [0.1, 0.15) is 0 Å². The van der Waals surface area contributed by atoms with Crippen molar-refractivity contribution in [3.8, 4) is 11.4 Å². The lowest BCUT2D eigenvalue weighted by atomic mass is 10.2. The van der Waals surface area contributed by atoms with Gasteiger partial charge in [-0.2, -0.15) is 0 Å². The van der Waals surface area contributed by atoms with Gasteiger partial charge < -0.3 is 4.98 Å². The van der Waals surface area contributed by atoms with E-state index in [1.54, 1.807) is 22.9 Å². The van der Waals surface area contributed by atoms with E-state index in [2.05, 4.69) is 20.2 Å². The van der Waals surface area contributed by atoms with E-state index in [1.165, 1.54) is 12.3 Å². The molecule has 0 amide bonds. The third kappa shape index (κ3) is 1.58. The van der Waals surface area contributed by atoms with Crippen LogP contribution in [0.3, 0.4) is 0 Å². The van der Waals surface area contributed by atoms with Gasteiger partial charge in [-0.15, -0.1) is 10.2 Å². The van der Waals surface area contributed by atoms with Gasteiger partial charge in [-0.3, -0.25) is 14.2 Å². The molecule has 6 nitrogen and oxygen atoms in total. The van der Waals surface area contributed by atoms with Crippen LogP contribution in [0.4, 0.5) is 0 Å². The van der Waals surface area contributed by atoms with Crippen LogP contribution in [-0.4, -0.2) is 24.6 Å². The van der Waals surface area contributed by atoms with Gasteiger partial charge >= 0.3 is 0 Å². The monoisotopic (exact) mass is 247 g/mol. The fourth-order valence-electron chi connectivity index (χ4n) is 1.58. The molecule has 0 aromatic carbocycles. The number of pyridine rings is 1. The molecule has 0 aliphatic carbocycles. The van der Waals surface area contributed by atoms with Gasteiger partial charge in [0.05, 0.1) is 12.4 Å². The Morgan fingerprint density at radius 1 is 1.29 bits per heavy atom. The number of nitrogens with zero attached hydrogens (tertiary/aromatic N) is 4. The molecular weight excluding hydrogens is 242 g/mol. The summed E-state index contributed by atoms with van der Waals surface area (Å²) in [5.74, 6) is 0.513. The SMILES string of the molecule is O=c1cc(-c2nnc3cncc(Cl)n23)cc[nH]1. The van der Waals surface area contributed by atoms with E-state index >= 15 is 0 Å². The Morgan fingerprint density at radius 2 is 2.18 bits per heavy atom. The smallest absolute Gasteiger partial charge is 0.248 e. The average molecular weight is 248 g/mol. The Kier molecular flexibility index (Phi) is 2.15. The molecule has 0 saturated carbocycles. The van der Waals surface area contributed by atoms with E-state index in [0.29, 0.717) is 22.2 Å². The average Bonchev–Trinajstić information content (AvgIpc) is 2.74. The number of hydrogen-bond acceptors (Lipinski definition) is 4. The molecule has 7 heteroatoms. The maximum Gasteiger partial charge on any atom is 0.248 e. The summed E-state index contributed by atoms with van der Waals surface area (Å²) >= 11 is 6.03. The predicted molar refractivity (Wildman–Crippen MR) is 61.8 cm³/mol. The van der Waals surface area contributed by atoms with Gasteiger partial charge in [0.15, 0.2) is 11.5 Å². The van der Waals surface area contributed by atoms with Crippen molar-refractivity contribution in [2.75, 3.05) is 0 Å². The first-order valence-electron chi connectivity index (χ1n) is 4.79. The van der Waals surface area contributed by atoms with E-state index in [0.717, 1.165) is 0 Å². The Balaban J connectivity index is 2.35. The van der Waals surface area contributed by atoms with Crippen molar-refractivity contribution < 1.29 is 0 Å². The Labute approximate surface area is 99.9 Å². The van der Waals surface area contributed by atoms with Crippen molar-refractivity contribution in [2.24, 2.45) is 0 Å². The van der Waals surface area contributed by atoms with Crippen molar-refractivity contribution in [1.29, 1.82) is 0 Å². The second-order valence-electron chi connectivity index (χ2n) is 3.39. The van der Waals surface area contributed by atoms with E-state index in [1.807, 2.05) is 0 Å². The molecule has 3 aromatic rings. The number of aromatic amines is 1. The molecule has 3 rings (SSSR count). The van der Waals surface area contributed by atoms with Gasteiger partial charge in [-0.1, -0.05) is 11.6 Å². The molecule has 3 heterocycles. The highest BCUT2D eigenvalue weighted by Crippen LogP contribution is 2.19. The lowest BCUT2D eigenvalue weighted by molar-refractivity contribution is 1.10. The van der Waals surface area contributed by atoms with E-state index in [4.69, 9.17) is 11.6 Å². The van der Waals surface area contributed by atoms with Crippen molar-refractivity contribution in [3.05, 3.63) is 46.2 Å². The third-order valence-electron chi connectivity index (χ3n) is 2.31. The molecule has 0 atom stereocenters. The summed E-state index contributed by atoms with van der Waals surface area (Å²) in [6.45, 7) is 0. The fourth-order valence-corrected chi connectivity index (χ4v) is 1.81. The third-order valence-corrected chi connectivity index (χ3v) is 2.57. The zero-order chi connectivity index (χ0) is 11.8. The van der Waals surface area contributed by atoms with Crippen LogP contribution in [0.25, 0.3) is 17.0 Å². The second kappa shape index (κ2) is 3.67. The van der Waals surface area contributed by atoms with Gasteiger partial charge in [0.25, 0.3) is 0 Å². The molecule has 0 aliphatic rings. The number of aromatic nitrogens is 5. The Morgan fingerprint density at radius 3 is 3.00 bits per heavy atom. The molecule has 0 fully saturated rings. The molecule has 0 saturated heterocycles. The number of halogens is 1. The summed E-state index contributed by atoms with van der Waals surface area (Å²) < 4.78 is 1.63. The molecular formula is C10H6ClN5O. The summed E-state index contributed by atoms with van der Waals surface area (Å²) in [5.41, 5.74) is 0.978. The summed E-state index contributed by atoms with van der Waals surface area (Å²) in [7, 11) is 0. The molecule has 0 aliphatic heterocycles. The van der Waals surface area contributed by atoms with E-state index in [-0.39, 0.29) is 5.56 Å². The molecule has 1 N–H and O–H groups in total. The van der Waals surface area contributed by atoms with Crippen LogP contribution < -0.4 is 5.56 Å². The highest BCUT2D eigenvalue weighted by Gasteiger charge is 2.10. The van der Waals surface area contributed by atoms with Crippen molar-refractivity contribution >= 4 is 17.2 Å². The second-order valence-corrected chi connectivity index (χ2v) is 3.78. The normalized spacial score (nSPS) is 10.9. The van der Waals surface area contributed by atoms with Gasteiger partial charge in [-0.25, -0.2) is 0 Å². The number of nitrogens with one attached hydrogen (secondary N) is 1. The van der Waals surface area contributed by atoms with Crippen LogP contribution >= 0.6 is 11.6 Å². The maximum absolute atomic E-state index is 11.2. The Bertz CT molecular complexity index is 748. The zero-order valence-electron chi connectivity index (χ0n) is 8.46. The minimum absolute atomic E-state index is 0.204. The first-order chi connectivity index (χ1) is 8.25. The van der Waals surface area contributed by atoms with Gasteiger partial charge in [-0.05, 0) is 6.07 Å². The predicted octanol–water partition coefficient (Wildman–Crippen LogP) is 1.13. The standard InChI is InChI=1S/C10H6ClN5O/c11-7-4-12-5-8-14-15-10(16(7)8)6-1-2-13-9(17)3-6/h1-5H,(H,13,17). The molecule has 0 unspecified atom stereocenters.